The van der Waals surface area contributed by atoms with Crippen LogP contribution in [0.15, 0.2) is 0 Å². The fourth-order valence-electron chi connectivity index (χ4n) is 2.31. The molecule has 0 bridgehead atoms. The molecule has 5 nitrogen and oxygen atoms in total. The van der Waals surface area contributed by atoms with Gasteiger partial charge in [-0.3, -0.25) is 14.5 Å². The molecule has 0 aromatic carbocycles. The SMILES string of the molecule is CCCc1n[nH]c(=S)n1CC(=O)N1CCCCC1. The molecule has 1 N–H and O–H groups in total. The number of nitrogens with one attached hydrogen (secondary N) is 1. The molecule has 1 aromatic heterocycles. The maximum Gasteiger partial charge on any atom is 0.242 e. The number of aryl methyl sites for hydroxylation is 1. The van der Waals surface area contributed by atoms with Gasteiger partial charge >= 0.3 is 0 Å². The van der Waals surface area contributed by atoms with Gasteiger partial charge in [0.25, 0.3) is 0 Å². The number of aromatic amines is 1. The van der Waals surface area contributed by atoms with Crippen molar-refractivity contribution in [3.8, 4) is 0 Å². The third-order valence-electron chi connectivity index (χ3n) is 3.31. The molecule has 2 rings (SSSR count). The number of amides is 1. The van der Waals surface area contributed by atoms with Crippen LogP contribution in [0.4, 0.5) is 0 Å². The van der Waals surface area contributed by atoms with E-state index in [9.17, 15) is 4.79 Å². The first-order valence-corrected chi connectivity index (χ1v) is 7.05. The normalized spacial score (nSPS) is 15.9. The number of nitrogens with zero attached hydrogens (tertiary/aromatic N) is 3. The maximum atomic E-state index is 12.2. The van der Waals surface area contributed by atoms with Crippen LogP contribution >= 0.6 is 12.2 Å². The van der Waals surface area contributed by atoms with Gasteiger partial charge in [-0.25, -0.2) is 0 Å². The van der Waals surface area contributed by atoms with Gasteiger partial charge in [0.05, 0.1) is 0 Å². The molecule has 1 aliphatic heterocycles. The minimum Gasteiger partial charge on any atom is -0.341 e. The van der Waals surface area contributed by atoms with Gasteiger partial charge in [-0.05, 0) is 37.9 Å². The van der Waals surface area contributed by atoms with Gasteiger partial charge < -0.3 is 4.90 Å². The van der Waals surface area contributed by atoms with Crippen molar-refractivity contribution in [1.29, 1.82) is 0 Å². The molecule has 100 valence electrons. The lowest BCUT2D eigenvalue weighted by Gasteiger charge is -2.26. The molecule has 18 heavy (non-hydrogen) atoms. The second kappa shape index (κ2) is 6.13. The Morgan fingerprint density at radius 1 is 1.39 bits per heavy atom. The predicted octanol–water partition coefficient (Wildman–Crippen LogP) is 1.91. The van der Waals surface area contributed by atoms with Gasteiger partial charge in [0.2, 0.25) is 5.91 Å². The summed E-state index contributed by atoms with van der Waals surface area (Å²) in [5.74, 6) is 1.04. The number of carbonyl (C=O) groups excluding carboxylic acids is 1. The molecule has 1 saturated heterocycles. The van der Waals surface area contributed by atoms with E-state index in [0.29, 0.717) is 11.3 Å². The minimum absolute atomic E-state index is 0.157. The Morgan fingerprint density at radius 2 is 2.11 bits per heavy atom. The van der Waals surface area contributed by atoms with E-state index in [1.165, 1.54) is 6.42 Å². The van der Waals surface area contributed by atoms with E-state index in [-0.39, 0.29) is 5.91 Å². The van der Waals surface area contributed by atoms with Gasteiger partial charge in [0.15, 0.2) is 4.77 Å². The number of rotatable bonds is 4. The summed E-state index contributed by atoms with van der Waals surface area (Å²) in [6.07, 6.45) is 5.31. The zero-order chi connectivity index (χ0) is 13.0. The lowest BCUT2D eigenvalue weighted by Crippen LogP contribution is -2.38. The van der Waals surface area contributed by atoms with Gasteiger partial charge in [-0.15, -0.1) is 0 Å². The van der Waals surface area contributed by atoms with Crippen LogP contribution in [0, 0.1) is 4.77 Å². The van der Waals surface area contributed by atoms with E-state index in [0.717, 1.165) is 44.6 Å². The summed E-state index contributed by atoms with van der Waals surface area (Å²) in [6, 6.07) is 0. The molecule has 1 aromatic rings. The molecule has 0 aliphatic carbocycles. The van der Waals surface area contributed by atoms with Crippen molar-refractivity contribution in [2.45, 2.75) is 45.6 Å². The lowest BCUT2D eigenvalue weighted by molar-refractivity contribution is -0.132. The first kappa shape index (κ1) is 13.3. The highest BCUT2D eigenvalue weighted by atomic mass is 32.1. The average molecular weight is 268 g/mol. The van der Waals surface area contributed by atoms with Crippen LogP contribution in [-0.4, -0.2) is 38.7 Å². The monoisotopic (exact) mass is 268 g/mol. The summed E-state index contributed by atoms with van der Waals surface area (Å²) in [7, 11) is 0. The van der Waals surface area contributed by atoms with Gasteiger partial charge in [-0.2, -0.15) is 5.10 Å². The standard InChI is InChI=1S/C12H20N4OS/c1-2-6-10-13-14-12(18)16(10)9-11(17)15-7-4-3-5-8-15/h2-9H2,1H3,(H,14,18). The fraction of sp³-hybridized carbons (Fsp3) is 0.750. The summed E-state index contributed by atoms with van der Waals surface area (Å²) in [6.45, 7) is 4.18. The molecule has 1 amide bonds. The number of H-pyrrole nitrogens is 1. The lowest BCUT2D eigenvalue weighted by atomic mass is 10.1. The number of hydrogen-bond donors (Lipinski definition) is 1. The molecular formula is C12H20N4OS. The van der Waals surface area contributed by atoms with Crippen molar-refractivity contribution >= 4 is 18.1 Å². The van der Waals surface area contributed by atoms with E-state index in [1.807, 2.05) is 9.47 Å². The van der Waals surface area contributed by atoms with Crippen molar-refractivity contribution in [3.63, 3.8) is 0 Å². The minimum atomic E-state index is 0.157. The molecule has 0 radical (unpaired) electrons. The fourth-order valence-corrected chi connectivity index (χ4v) is 2.52. The Labute approximate surface area is 112 Å². The smallest absolute Gasteiger partial charge is 0.242 e. The van der Waals surface area contributed by atoms with Crippen LogP contribution in [0.1, 0.15) is 38.4 Å². The van der Waals surface area contributed by atoms with Crippen molar-refractivity contribution in [2.75, 3.05) is 13.1 Å². The molecule has 0 spiro atoms. The summed E-state index contributed by atoms with van der Waals surface area (Å²) in [5, 5.41) is 6.95. The van der Waals surface area contributed by atoms with E-state index in [4.69, 9.17) is 12.2 Å². The van der Waals surface area contributed by atoms with E-state index < -0.39 is 0 Å². The Hall–Kier alpha value is -1.17. The summed E-state index contributed by atoms with van der Waals surface area (Å²) < 4.78 is 2.37. The quantitative estimate of drug-likeness (QED) is 0.849. The van der Waals surface area contributed by atoms with Crippen LogP contribution in [0.2, 0.25) is 0 Å². The van der Waals surface area contributed by atoms with Gasteiger partial charge in [0, 0.05) is 19.5 Å². The Bertz CT molecular complexity index is 459. The molecule has 0 saturated carbocycles. The van der Waals surface area contributed by atoms with Crippen LogP contribution in [0.5, 0.6) is 0 Å². The van der Waals surface area contributed by atoms with Crippen molar-refractivity contribution in [1.82, 2.24) is 19.7 Å². The molecule has 1 aliphatic rings. The first-order chi connectivity index (χ1) is 8.72. The largest absolute Gasteiger partial charge is 0.341 e. The molecule has 1 fully saturated rings. The van der Waals surface area contributed by atoms with E-state index in [2.05, 4.69) is 17.1 Å². The van der Waals surface area contributed by atoms with Crippen LogP contribution in [-0.2, 0) is 17.8 Å². The maximum absolute atomic E-state index is 12.2. The summed E-state index contributed by atoms with van der Waals surface area (Å²) in [5.41, 5.74) is 0. The zero-order valence-corrected chi connectivity index (χ0v) is 11.6. The number of carbonyl (C=O) groups is 1. The average Bonchev–Trinajstić information content (AvgIpc) is 2.73. The molecule has 2 heterocycles. The zero-order valence-electron chi connectivity index (χ0n) is 10.8. The van der Waals surface area contributed by atoms with Gasteiger partial charge in [0.1, 0.15) is 12.4 Å². The summed E-state index contributed by atoms with van der Waals surface area (Å²) >= 11 is 5.18. The first-order valence-electron chi connectivity index (χ1n) is 6.64. The van der Waals surface area contributed by atoms with E-state index >= 15 is 0 Å². The molecule has 0 atom stereocenters. The highest BCUT2D eigenvalue weighted by Gasteiger charge is 2.18. The Kier molecular flexibility index (Phi) is 4.52. The molecule has 6 heteroatoms. The highest BCUT2D eigenvalue weighted by molar-refractivity contribution is 7.71. The third kappa shape index (κ3) is 2.98. The van der Waals surface area contributed by atoms with Crippen molar-refractivity contribution < 1.29 is 4.79 Å². The van der Waals surface area contributed by atoms with Crippen LogP contribution in [0.3, 0.4) is 0 Å². The third-order valence-corrected chi connectivity index (χ3v) is 3.62. The van der Waals surface area contributed by atoms with Crippen LogP contribution < -0.4 is 0 Å². The van der Waals surface area contributed by atoms with Crippen molar-refractivity contribution in [3.05, 3.63) is 10.6 Å². The molecule has 0 unspecified atom stereocenters. The Morgan fingerprint density at radius 3 is 2.78 bits per heavy atom. The molecular weight excluding hydrogens is 248 g/mol. The topological polar surface area (TPSA) is 53.9 Å². The van der Waals surface area contributed by atoms with Crippen LogP contribution in [0.25, 0.3) is 0 Å². The Balaban J connectivity index is 2.05. The number of hydrogen-bond acceptors (Lipinski definition) is 3. The summed E-state index contributed by atoms with van der Waals surface area (Å²) in [4.78, 5) is 14.1. The predicted molar refractivity (Wildman–Crippen MR) is 71.8 cm³/mol. The number of piperidine rings is 1. The second-order valence-corrected chi connectivity index (χ2v) is 5.11. The second-order valence-electron chi connectivity index (χ2n) is 4.72. The van der Waals surface area contributed by atoms with Gasteiger partial charge in [-0.1, -0.05) is 6.92 Å². The van der Waals surface area contributed by atoms with Crippen molar-refractivity contribution in [2.24, 2.45) is 0 Å². The number of aromatic nitrogens is 3. The van der Waals surface area contributed by atoms with E-state index in [1.54, 1.807) is 0 Å². The number of likely N-dealkylation sites (tertiary alicyclic amines) is 1. The highest BCUT2D eigenvalue weighted by Crippen LogP contribution is 2.10.